The van der Waals surface area contributed by atoms with Crippen LogP contribution in [0.25, 0.3) is 0 Å². The lowest BCUT2D eigenvalue weighted by atomic mass is 10.2. The first-order chi connectivity index (χ1) is 5.16. The topological polar surface area (TPSA) is 9.23 Å². The van der Waals surface area contributed by atoms with Gasteiger partial charge in [0.2, 0.25) is 0 Å². The highest BCUT2D eigenvalue weighted by Crippen LogP contribution is 2.13. The van der Waals surface area contributed by atoms with Gasteiger partial charge >= 0.3 is 0 Å². The van der Waals surface area contributed by atoms with E-state index in [-0.39, 0.29) is 0 Å². The smallest absolute Gasteiger partial charge is 0.0573 e. The lowest BCUT2D eigenvalue weighted by Gasteiger charge is -2.01. The van der Waals surface area contributed by atoms with Crippen LogP contribution in [0.3, 0.4) is 0 Å². The van der Waals surface area contributed by atoms with Gasteiger partial charge < -0.3 is 4.74 Å². The largest absolute Gasteiger partial charge is 0.378 e. The molecule has 1 unspecified atom stereocenters. The van der Waals surface area contributed by atoms with Crippen LogP contribution >= 0.6 is 0 Å². The van der Waals surface area contributed by atoms with Crippen LogP contribution < -0.4 is 0 Å². The Morgan fingerprint density at radius 1 is 1.55 bits per heavy atom. The van der Waals surface area contributed by atoms with E-state index in [2.05, 4.69) is 13.5 Å². The Morgan fingerprint density at radius 2 is 2.09 bits per heavy atom. The van der Waals surface area contributed by atoms with E-state index in [0.29, 0.717) is 6.10 Å². The summed E-state index contributed by atoms with van der Waals surface area (Å²) in [6, 6.07) is 0. The minimum absolute atomic E-state index is 0.597. The van der Waals surface area contributed by atoms with E-state index in [1.54, 1.807) is 0 Å². The molecule has 0 aliphatic carbocycles. The molecule has 1 aliphatic rings. The van der Waals surface area contributed by atoms with E-state index in [9.17, 15) is 0 Å². The number of rotatable bonds is 1. The maximum Gasteiger partial charge on any atom is 0.0573 e. The summed E-state index contributed by atoms with van der Waals surface area (Å²) in [7, 11) is 0. The molecule has 1 heterocycles. The highest BCUT2D eigenvalue weighted by Gasteiger charge is 2.11. The molecule has 1 atom stereocenters. The summed E-state index contributed by atoms with van der Waals surface area (Å²) in [5.41, 5.74) is 1.17. The highest BCUT2D eigenvalue weighted by atomic mass is 16.5. The summed E-state index contributed by atoms with van der Waals surface area (Å²) >= 11 is 0. The fraction of sp³-hybridized carbons (Fsp3) is 0.800. The van der Waals surface area contributed by atoms with Crippen LogP contribution in [-0.2, 0) is 4.74 Å². The maximum atomic E-state index is 5.30. The van der Waals surface area contributed by atoms with Crippen molar-refractivity contribution in [1.29, 1.82) is 0 Å². The van der Waals surface area contributed by atoms with Crippen LogP contribution in [0, 0.1) is 0 Å². The standard InChI is InChI=1S/C6H12O.C4H8/c1-2-6-4-3-5-7-6;1-4(2)3/h6H,2-5H2,1H3;1H2,2-3H3. The third-order valence-corrected chi connectivity index (χ3v) is 1.48. The third-order valence-electron chi connectivity index (χ3n) is 1.48. The van der Waals surface area contributed by atoms with E-state index in [1.165, 1.54) is 24.8 Å². The van der Waals surface area contributed by atoms with Crippen molar-refractivity contribution in [1.82, 2.24) is 0 Å². The van der Waals surface area contributed by atoms with Gasteiger partial charge in [0.15, 0.2) is 0 Å². The van der Waals surface area contributed by atoms with E-state index in [1.807, 2.05) is 13.8 Å². The number of allylic oxidation sites excluding steroid dienone is 1. The zero-order valence-corrected chi connectivity index (χ0v) is 8.02. The summed E-state index contributed by atoms with van der Waals surface area (Å²) in [6.45, 7) is 10.7. The molecule has 1 aliphatic heterocycles. The van der Waals surface area contributed by atoms with E-state index < -0.39 is 0 Å². The molecule has 1 heteroatoms. The highest BCUT2D eigenvalue weighted by molar-refractivity contribution is 4.78. The molecule has 0 N–H and O–H groups in total. The molecular formula is C10H20O. The molecular weight excluding hydrogens is 136 g/mol. The van der Waals surface area contributed by atoms with Crippen molar-refractivity contribution in [3.05, 3.63) is 12.2 Å². The van der Waals surface area contributed by atoms with Crippen molar-refractivity contribution < 1.29 is 4.74 Å². The first-order valence-corrected chi connectivity index (χ1v) is 4.40. The van der Waals surface area contributed by atoms with E-state index >= 15 is 0 Å². The van der Waals surface area contributed by atoms with Crippen LogP contribution in [0.4, 0.5) is 0 Å². The van der Waals surface area contributed by atoms with Gasteiger partial charge in [-0.2, -0.15) is 0 Å². The molecule has 11 heavy (non-hydrogen) atoms. The Hall–Kier alpha value is -0.300. The molecule has 0 saturated carbocycles. The molecule has 1 nitrogen and oxygen atoms in total. The summed E-state index contributed by atoms with van der Waals surface area (Å²) in [5, 5.41) is 0. The summed E-state index contributed by atoms with van der Waals surface area (Å²) < 4.78 is 5.30. The van der Waals surface area contributed by atoms with Gasteiger partial charge in [0, 0.05) is 6.61 Å². The van der Waals surface area contributed by atoms with Crippen molar-refractivity contribution in [3.8, 4) is 0 Å². The average Bonchev–Trinajstić information content (AvgIpc) is 2.36. The average molecular weight is 156 g/mol. The maximum absolute atomic E-state index is 5.30. The lowest BCUT2D eigenvalue weighted by molar-refractivity contribution is 0.108. The van der Waals surface area contributed by atoms with E-state index in [4.69, 9.17) is 4.74 Å². The normalized spacial score (nSPS) is 22.3. The summed E-state index contributed by atoms with van der Waals surface area (Å²) in [6.07, 6.45) is 4.36. The third kappa shape index (κ3) is 7.60. The van der Waals surface area contributed by atoms with Gasteiger partial charge in [0.25, 0.3) is 0 Å². The Morgan fingerprint density at radius 3 is 2.27 bits per heavy atom. The first-order valence-electron chi connectivity index (χ1n) is 4.40. The van der Waals surface area contributed by atoms with Gasteiger partial charge in [-0.25, -0.2) is 0 Å². The summed E-state index contributed by atoms with van der Waals surface area (Å²) in [4.78, 5) is 0. The van der Waals surface area contributed by atoms with Gasteiger partial charge in [-0.15, -0.1) is 6.58 Å². The van der Waals surface area contributed by atoms with Crippen LogP contribution in [-0.4, -0.2) is 12.7 Å². The molecule has 1 rings (SSSR count). The van der Waals surface area contributed by atoms with Crippen LogP contribution in [0.5, 0.6) is 0 Å². The molecule has 0 spiro atoms. The van der Waals surface area contributed by atoms with Crippen molar-refractivity contribution in [3.63, 3.8) is 0 Å². The molecule has 0 aromatic heterocycles. The Balaban J connectivity index is 0.000000218. The molecule has 0 aromatic carbocycles. The first kappa shape index (κ1) is 10.7. The second-order valence-corrected chi connectivity index (χ2v) is 3.25. The zero-order chi connectivity index (χ0) is 8.69. The lowest BCUT2D eigenvalue weighted by Crippen LogP contribution is -2.00. The minimum Gasteiger partial charge on any atom is -0.378 e. The minimum atomic E-state index is 0.597. The molecule has 66 valence electrons. The van der Waals surface area contributed by atoms with Crippen LogP contribution in [0.1, 0.15) is 40.0 Å². The molecule has 0 bridgehead atoms. The fourth-order valence-electron chi connectivity index (χ4n) is 0.966. The van der Waals surface area contributed by atoms with Gasteiger partial charge in [-0.05, 0) is 33.1 Å². The second-order valence-electron chi connectivity index (χ2n) is 3.25. The number of ether oxygens (including phenoxy) is 1. The van der Waals surface area contributed by atoms with Crippen LogP contribution in [0.2, 0.25) is 0 Å². The zero-order valence-electron chi connectivity index (χ0n) is 8.02. The van der Waals surface area contributed by atoms with Gasteiger partial charge in [-0.1, -0.05) is 12.5 Å². The molecule has 0 aromatic rings. The number of hydrogen-bond acceptors (Lipinski definition) is 1. The van der Waals surface area contributed by atoms with Crippen molar-refractivity contribution in [2.45, 2.75) is 46.1 Å². The quantitative estimate of drug-likeness (QED) is 0.530. The molecule has 1 fully saturated rings. The van der Waals surface area contributed by atoms with Crippen molar-refractivity contribution in [2.75, 3.05) is 6.61 Å². The van der Waals surface area contributed by atoms with Crippen molar-refractivity contribution >= 4 is 0 Å². The SMILES string of the molecule is C=C(C)C.CCC1CCCO1. The van der Waals surface area contributed by atoms with Gasteiger partial charge in [0.1, 0.15) is 0 Å². The Kier molecular flexibility index (Phi) is 6.24. The number of hydrogen-bond donors (Lipinski definition) is 0. The molecule has 1 saturated heterocycles. The predicted molar refractivity (Wildman–Crippen MR) is 49.8 cm³/mol. The molecule has 0 amide bonds. The second kappa shape index (κ2) is 6.41. The van der Waals surface area contributed by atoms with Gasteiger partial charge in [-0.3, -0.25) is 0 Å². The molecule has 0 radical (unpaired) electrons. The fourth-order valence-corrected chi connectivity index (χ4v) is 0.966. The monoisotopic (exact) mass is 156 g/mol. The Labute approximate surface area is 70.4 Å². The Bertz CT molecular complexity index is 97.4. The summed E-state index contributed by atoms with van der Waals surface area (Å²) in [5.74, 6) is 0. The van der Waals surface area contributed by atoms with E-state index in [0.717, 1.165) is 6.61 Å². The predicted octanol–water partition coefficient (Wildman–Crippen LogP) is 3.16. The van der Waals surface area contributed by atoms with Gasteiger partial charge in [0.05, 0.1) is 6.10 Å². The van der Waals surface area contributed by atoms with Crippen LogP contribution in [0.15, 0.2) is 12.2 Å². The van der Waals surface area contributed by atoms with Crippen molar-refractivity contribution in [2.24, 2.45) is 0 Å².